The van der Waals surface area contributed by atoms with E-state index in [1.165, 1.54) is 24.9 Å². The molecule has 0 aliphatic carbocycles. The molecule has 1 aromatic carbocycles. The minimum Gasteiger partial charge on any atom is -0.493 e. The number of nitrogens with zero attached hydrogens (tertiary/aromatic N) is 1. The Morgan fingerprint density at radius 2 is 2.14 bits per heavy atom. The molecule has 4 nitrogen and oxygen atoms in total. The molecular weight excluding hydrogens is 288 g/mol. The second-order valence-corrected chi connectivity index (χ2v) is 6.61. The number of likely N-dealkylation sites (tertiary alicyclic amines) is 1. The lowest BCUT2D eigenvalue weighted by atomic mass is 9.86. The fraction of sp³-hybridized carbons (Fsp3) is 0.625. The number of methoxy groups -OCH3 is 2. The summed E-state index contributed by atoms with van der Waals surface area (Å²) in [4.78, 5) is 2.52. The number of rotatable bonds is 4. The van der Waals surface area contributed by atoms with Crippen LogP contribution >= 0.6 is 11.6 Å². The normalized spacial score (nSPS) is 25.7. The largest absolute Gasteiger partial charge is 0.493 e. The molecule has 0 amide bonds. The fourth-order valence-corrected chi connectivity index (χ4v) is 3.94. The summed E-state index contributed by atoms with van der Waals surface area (Å²) in [5.41, 5.74) is 1.68. The monoisotopic (exact) mass is 310 g/mol. The highest BCUT2D eigenvalue weighted by Crippen LogP contribution is 2.39. The van der Waals surface area contributed by atoms with Crippen molar-refractivity contribution in [1.29, 1.82) is 0 Å². The first-order valence-corrected chi connectivity index (χ1v) is 7.87. The second kappa shape index (κ2) is 6.03. The van der Waals surface area contributed by atoms with E-state index in [0.717, 1.165) is 26.2 Å². The smallest absolute Gasteiger partial charge is 0.179 e. The van der Waals surface area contributed by atoms with E-state index in [4.69, 9.17) is 21.1 Å². The van der Waals surface area contributed by atoms with Gasteiger partial charge in [-0.2, -0.15) is 0 Å². The van der Waals surface area contributed by atoms with Gasteiger partial charge < -0.3 is 14.8 Å². The number of ether oxygens (including phenoxy) is 2. The van der Waals surface area contributed by atoms with Crippen molar-refractivity contribution in [2.45, 2.75) is 19.4 Å². The maximum Gasteiger partial charge on any atom is 0.179 e. The van der Waals surface area contributed by atoms with Gasteiger partial charge in [0.25, 0.3) is 0 Å². The molecular formula is C16H23ClN2O2. The highest BCUT2D eigenvalue weighted by Gasteiger charge is 2.40. The third-order valence-electron chi connectivity index (χ3n) is 4.75. The minimum absolute atomic E-state index is 0.500. The lowest BCUT2D eigenvalue weighted by Gasteiger charge is -2.23. The summed E-state index contributed by atoms with van der Waals surface area (Å²) in [5.74, 6) is 1.32. The van der Waals surface area contributed by atoms with Gasteiger partial charge in [-0.05, 0) is 49.0 Å². The molecule has 1 unspecified atom stereocenters. The van der Waals surface area contributed by atoms with Crippen molar-refractivity contribution in [3.8, 4) is 11.5 Å². The molecule has 21 heavy (non-hydrogen) atoms. The average Bonchev–Trinajstić information content (AvgIpc) is 3.09. The lowest BCUT2D eigenvalue weighted by molar-refractivity contribution is 0.268. The van der Waals surface area contributed by atoms with Crippen molar-refractivity contribution < 1.29 is 9.47 Å². The Bertz CT molecular complexity index is 515. The van der Waals surface area contributed by atoms with E-state index in [-0.39, 0.29) is 0 Å². The minimum atomic E-state index is 0.500. The predicted octanol–water partition coefficient (Wildman–Crippen LogP) is 2.54. The molecule has 0 radical (unpaired) electrons. The number of nitrogens with one attached hydrogen (secondary N) is 1. The first kappa shape index (κ1) is 14.9. The molecule has 0 aromatic heterocycles. The first-order valence-electron chi connectivity index (χ1n) is 7.49. The summed E-state index contributed by atoms with van der Waals surface area (Å²) in [6, 6.07) is 4.02. The number of halogens is 1. The zero-order valence-electron chi connectivity index (χ0n) is 12.7. The van der Waals surface area contributed by atoms with Crippen molar-refractivity contribution in [3.63, 3.8) is 0 Å². The van der Waals surface area contributed by atoms with Gasteiger partial charge in [-0.3, -0.25) is 4.90 Å². The van der Waals surface area contributed by atoms with Crippen LogP contribution in [-0.4, -0.2) is 45.3 Å². The van der Waals surface area contributed by atoms with Crippen LogP contribution in [0.5, 0.6) is 11.5 Å². The highest BCUT2D eigenvalue weighted by atomic mass is 35.5. The van der Waals surface area contributed by atoms with Gasteiger partial charge in [-0.1, -0.05) is 11.6 Å². The van der Waals surface area contributed by atoms with Crippen LogP contribution in [0.3, 0.4) is 0 Å². The van der Waals surface area contributed by atoms with Gasteiger partial charge in [0.1, 0.15) is 0 Å². The topological polar surface area (TPSA) is 33.7 Å². The van der Waals surface area contributed by atoms with Crippen molar-refractivity contribution in [2.75, 3.05) is 40.4 Å². The lowest BCUT2D eigenvalue weighted by Crippen LogP contribution is -2.28. The predicted molar refractivity (Wildman–Crippen MR) is 84.4 cm³/mol. The molecule has 1 spiro atoms. The summed E-state index contributed by atoms with van der Waals surface area (Å²) in [7, 11) is 3.26. The van der Waals surface area contributed by atoms with E-state index in [1.807, 2.05) is 12.1 Å². The molecule has 3 rings (SSSR count). The van der Waals surface area contributed by atoms with Gasteiger partial charge >= 0.3 is 0 Å². The Morgan fingerprint density at radius 1 is 1.29 bits per heavy atom. The van der Waals surface area contributed by atoms with E-state index in [9.17, 15) is 0 Å². The van der Waals surface area contributed by atoms with E-state index in [2.05, 4.69) is 10.2 Å². The molecule has 2 saturated heterocycles. The maximum absolute atomic E-state index is 6.29. The Labute approximate surface area is 131 Å². The van der Waals surface area contributed by atoms with Crippen LogP contribution in [0.2, 0.25) is 5.02 Å². The average molecular weight is 311 g/mol. The summed E-state index contributed by atoms with van der Waals surface area (Å²) in [5, 5.41) is 4.11. The van der Waals surface area contributed by atoms with Gasteiger partial charge in [-0.25, -0.2) is 0 Å². The van der Waals surface area contributed by atoms with Crippen molar-refractivity contribution >= 4 is 11.6 Å². The number of hydrogen-bond donors (Lipinski definition) is 1. The molecule has 0 saturated carbocycles. The molecule has 1 aromatic rings. The van der Waals surface area contributed by atoms with E-state index in [0.29, 0.717) is 21.9 Å². The third kappa shape index (κ3) is 2.98. The zero-order valence-corrected chi connectivity index (χ0v) is 13.5. The first-order chi connectivity index (χ1) is 10.2. The summed E-state index contributed by atoms with van der Waals surface area (Å²) < 4.78 is 10.7. The van der Waals surface area contributed by atoms with Crippen molar-refractivity contribution in [2.24, 2.45) is 5.41 Å². The Balaban J connectivity index is 1.72. The zero-order chi connectivity index (χ0) is 14.9. The maximum atomic E-state index is 6.29. The van der Waals surface area contributed by atoms with E-state index >= 15 is 0 Å². The molecule has 2 aliphatic rings. The Hall–Kier alpha value is -0.970. The number of hydrogen-bond acceptors (Lipinski definition) is 4. The van der Waals surface area contributed by atoms with Gasteiger partial charge in [-0.15, -0.1) is 0 Å². The summed E-state index contributed by atoms with van der Waals surface area (Å²) in [6.45, 7) is 5.58. The van der Waals surface area contributed by atoms with Gasteiger partial charge in [0.15, 0.2) is 11.5 Å². The van der Waals surface area contributed by atoms with Crippen LogP contribution in [0.25, 0.3) is 0 Å². The van der Waals surface area contributed by atoms with Crippen LogP contribution in [0.4, 0.5) is 0 Å². The molecule has 0 bridgehead atoms. The van der Waals surface area contributed by atoms with Crippen LogP contribution in [0.1, 0.15) is 18.4 Å². The van der Waals surface area contributed by atoms with Crippen LogP contribution in [0, 0.1) is 5.41 Å². The summed E-state index contributed by atoms with van der Waals surface area (Å²) in [6.07, 6.45) is 2.59. The van der Waals surface area contributed by atoms with Crippen LogP contribution in [-0.2, 0) is 6.54 Å². The van der Waals surface area contributed by atoms with Gasteiger partial charge in [0.05, 0.1) is 19.2 Å². The highest BCUT2D eigenvalue weighted by molar-refractivity contribution is 6.32. The standard InChI is InChI=1S/C16H23ClN2O2/c1-20-14-8-12(7-13(17)15(14)21-2)9-19-6-4-16(11-19)3-5-18-10-16/h7-8,18H,3-6,9-11H2,1-2H3. The molecule has 5 heteroatoms. The Kier molecular flexibility index (Phi) is 4.29. The summed E-state index contributed by atoms with van der Waals surface area (Å²) >= 11 is 6.29. The molecule has 2 heterocycles. The van der Waals surface area contributed by atoms with Gasteiger partial charge in [0, 0.05) is 19.6 Å². The fourth-order valence-electron chi connectivity index (χ4n) is 3.63. The third-order valence-corrected chi connectivity index (χ3v) is 5.03. The molecule has 1 atom stereocenters. The Morgan fingerprint density at radius 3 is 2.81 bits per heavy atom. The molecule has 116 valence electrons. The number of benzene rings is 1. The molecule has 2 aliphatic heterocycles. The van der Waals surface area contributed by atoms with Crippen LogP contribution in [0.15, 0.2) is 12.1 Å². The molecule has 2 fully saturated rings. The van der Waals surface area contributed by atoms with Crippen LogP contribution < -0.4 is 14.8 Å². The SMILES string of the molecule is COc1cc(CN2CCC3(CCNC3)C2)cc(Cl)c1OC. The van der Waals surface area contributed by atoms with E-state index < -0.39 is 0 Å². The van der Waals surface area contributed by atoms with Crippen molar-refractivity contribution in [3.05, 3.63) is 22.7 Å². The second-order valence-electron chi connectivity index (χ2n) is 6.20. The molecule has 1 N–H and O–H groups in total. The van der Waals surface area contributed by atoms with Gasteiger partial charge in [0.2, 0.25) is 0 Å². The van der Waals surface area contributed by atoms with E-state index in [1.54, 1.807) is 14.2 Å². The van der Waals surface area contributed by atoms with Crippen molar-refractivity contribution in [1.82, 2.24) is 10.2 Å². The quantitative estimate of drug-likeness (QED) is 0.926.